The van der Waals surface area contributed by atoms with Gasteiger partial charge in [0.15, 0.2) is 0 Å². The maximum absolute atomic E-state index is 11.2. The molecular weight excluding hydrogens is 154 g/mol. The van der Waals surface area contributed by atoms with Gasteiger partial charge in [0.05, 0.1) is 0 Å². The molecule has 0 N–H and O–H groups in total. The van der Waals surface area contributed by atoms with Gasteiger partial charge < -0.3 is 9.64 Å². The first-order chi connectivity index (χ1) is 5.72. The molecule has 3 heteroatoms. The van der Waals surface area contributed by atoms with Crippen LogP contribution in [-0.4, -0.2) is 37.6 Å². The first-order valence-electron chi connectivity index (χ1n) is 4.15. The number of carbonyl (C=O) groups excluding carboxylic acids is 1. The summed E-state index contributed by atoms with van der Waals surface area (Å²) in [4.78, 5) is 12.7. The molecule has 3 nitrogen and oxygen atoms in total. The summed E-state index contributed by atoms with van der Waals surface area (Å²) < 4.78 is 5.09. The van der Waals surface area contributed by atoms with E-state index in [0.717, 1.165) is 6.42 Å². The van der Waals surface area contributed by atoms with Gasteiger partial charge in [-0.05, 0) is 6.42 Å². The van der Waals surface area contributed by atoms with Gasteiger partial charge in [0.1, 0.15) is 6.61 Å². The number of hydrogen-bond acceptors (Lipinski definition) is 2. The lowest BCUT2D eigenvalue weighted by Gasteiger charge is -2.14. The average molecular weight is 171 g/mol. The minimum Gasteiger partial charge on any atom is -0.372 e. The van der Waals surface area contributed by atoms with E-state index >= 15 is 0 Å². The van der Waals surface area contributed by atoms with E-state index in [1.54, 1.807) is 18.0 Å². The molecule has 0 atom stereocenters. The minimum atomic E-state index is 0.00310. The van der Waals surface area contributed by atoms with E-state index in [-0.39, 0.29) is 12.5 Å². The average Bonchev–Trinajstić information content (AvgIpc) is 2.05. The molecule has 0 fully saturated rings. The zero-order valence-corrected chi connectivity index (χ0v) is 7.88. The first kappa shape index (κ1) is 11.2. The molecule has 70 valence electrons. The molecular formula is C9H17NO2. The van der Waals surface area contributed by atoms with Crippen molar-refractivity contribution in [1.82, 2.24) is 4.90 Å². The summed E-state index contributed by atoms with van der Waals surface area (Å²) in [5.41, 5.74) is 0. The van der Waals surface area contributed by atoms with E-state index in [2.05, 4.69) is 6.58 Å². The highest BCUT2D eigenvalue weighted by Gasteiger charge is 2.05. The first-order valence-corrected chi connectivity index (χ1v) is 4.15. The summed E-state index contributed by atoms with van der Waals surface area (Å²) in [6.07, 6.45) is 2.64. The third-order valence-electron chi connectivity index (χ3n) is 1.40. The predicted molar refractivity (Wildman–Crippen MR) is 48.9 cm³/mol. The molecule has 0 aromatic rings. The van der Waals surface area contributed by atoms with E-state index < -0.39 is 0 Å². The number of likely N-dealkylation sites (N-methyl/N-ethyl adjacent to an activating group) is 1. The van der Waals surface area contributed by atoms with Gasteiger partial charge in [-0.25, -0.2) is 0 Å². The Morgan fingerprint density at radius 3 is 2.83 bits per heavy atom. The van der Waals surface area contributed by atoms with E-state index in [4.69, 9.17) is 4.74 Å². The second-order valence-corrected chi connectivity index (χ2v) is 2.62. The lowest BCUT2D eigenvalue weighted by Crippen LogP contribution is -2.30. The zero-order chi connectivity index (χ0) is 9.40. The maximum atomic E-state index is 11.2. The van der Waals surface area contributed by atoms with Crippen molar-refractivity contribution < 1.29 is 9.53 Å². The Morgan fingerprint density at radius 2 is 2.33 bits per heavy atom. The van der Waals surface area contributed by atoms with Gasteiger partial charge in [0.2, 0.25) is 5.91 Å². The van der Waals surface area contributed by atoms with Gasteiger partial charge in [-0.3, -0.25) is 4.79 Å². The number of carbonyl (C=O) groups is 1. The highest BCUT2D eigenvalue weighted by atomic mass is 16.5. The van der Waals surface area contributed by atoms with Crippen LogP contribution in [0.15, 0.2) is 12.7 Å². The van der Waals surface area contributed by atoms with Gasteiger partial charge in [-0.15, -0.1) is 6.58 Å². The summed E-state index contributed by atoms with van der Waals surface area (Å²) in [5, 5.41) is 0. The Hall–Kier alpha value is -0.830. The van der Waals surface area contributed by atoms with Crippen LogP contribution in [-0.2, 0) is 9.53 Å². The Kier molecular flexibility index (Phi) is 6.38. The quantitative estimate of drug-likeness (QED) is 0.441. The fourth-order valence-electron chi connectivity index (χ4n) is 0.709. The Bertz CT molecular complexity index is 145. The fraction of sp³-hybridized carbons (Fsp3) is 0.667. The van der Waals surface area contributed by atoms with Crippen molar-refractivity contribution in [1.29, 1.82) is 0 Å². The largest absolute Gasteiger partial charge is 0.372 e. The Labute approximate surface area is 74.0 Å². The number of rotatable bonds is 6. The van der Waals surface area contributed by atoms with Gasteiger partial charge in [-0.2, -0.15) is 0 Å². The van der Waals surface area contributed by atoms with Crippen molar-refractivity contribution in [2.24, 2.45) is 0 Å². The predicted octanol–water partition coefficient (Wildman–Crippen LogP) is 1.06. The van der Waals surface area contributed by atoms with Crippen LogP contribution in [0.25, 0.3) is 0 Å². The molecule has 0 aliphatic heterocycles. The second-order valence-electron chi connectivity index (χ2n) is 2.62. The maximum Gasteiger partial charge on any atom is 0.248 e. The third-order valence-corrected chi connectivity index (χ3v) is 1.40. The lowest BCUT2D eigenvalue weighted by atomic mass is 10.5. The van der Waals surface area contributed by atoms with E-state index in [9.17, 15) is 4.79 Å². The number of hydrogen-bond donors (Lipinski definition) is 0. The second kappa shape index (κ2) is 6.85. The van der Waals surface area contributed by atoms with Crippen molar-refractivity contribution >= 4 is 5.91 Å². The molecule has 0 rings (SSSR count). The van der Waals surface area contributed by atoms with Crippen molar-refractivity contribution in [3.63, 3.8) is 0 Å². The van der Waals surface area contributed by atoms with Crippen LogP contribution < -0.4 is 0 Å². The SMILES string of the molecule is C=CCN(C)C(=O)COCCC. The highest BCUT2D eigenvalue weighted by Crippen LogP contribution is 1.87. The van der Waals surface area contributed by atoms with E-state index in [1.165, 1.54) is 0 Å². The molecule has 0 radical (unpaired) electrons. The number of ether oxygens (including phenoxy) is 1. The number of amides is 1. The van der Waals surface area contributed by atoms with Crippen molar-refractivity contribution in [3.05, 3.63) is 12.7 Å². The van der Waals surface area contributed by atoms with E-state index in [0.29, 0.717) is 13.2 Å². The summed E-state index contributed by atoms with van der Waals surface area (Å²) in [5.74, 6) is 0.00310. The number of nitrogens with zero attached hydrogens (tertiary/aromatic N) is 1. The van der Waals surface area contributed by atoms with Crippen molar-refractivity contribution in [2.45, 2.75) is 13.3 Å². The normalized spacial score (nSPS) is 9.50. The molecule has 0 aliphatic carbocycles. The third kappa shape index (κ3) is 4.91. The summed E-state index contributed by atoms with van der Waals surface area (Å²) in [6, 6.07) is 0. The van der Waals surface area contributed by atoms with Crippen LogP contribution in [0, 0.1) is 0 Å². The summed E-state index contributed by atoms with van der Waals surface area (Å²) in [6.45, 7) is 6.96. The van der Waals surface area contributed by atoms with Crippen molar-refractivity contribution in [2.75, 3.05) is 26.8 Å². The van der Waals surface area contributed by atoms with Gasteiger partial charge >= 0.3 is 0 Å². The molecule has 0 saturated carbocycles. The fourth-order valence-corrected chi connectivity index (χ4v) is 0.709. The Balaban J connectivity index is 3.49. The van der Waals surface area contributed by atoms with Crippen LogP contribution in [0.1, 0.15) is 13.3 Å². The zero-order valence-electron chi connectivity index (χ0n) is 7.88. The van der Waals surface area contributed by atoms with E-state index in [1.807, 2.05) is 6.92 Å². The van der Waals surface area contributed by atoms with Crippen LogP contribution >= 0.6 is 0 Å². The minimum absolute atomic E-state index is 0.00310. The van der Waals surface area contributed by atoms with Crippen molar-refractivity contribution in [3.8, 4) is 0 Å². The molecule has 0 bridgehead atoms. The smallest absolute Gasteiger partial charge is 0.248 e. The van der Waals surface area contributed by atoms with Crippen LogP contribution in [0.5, 0.6) is 0 Å². The standard InChI is InChI=1S/C9H17NO2/c1-4-6-10(3)9(11)8-12-7-5-2/h4H,1,5-8H2,2-3H3. The molecule has 0 unspecified atom stereocenters. The lowest BCUT2D eigenvalue weighted by molar-refractivity contribution is -0.134. The molecule has 1 amide bonds. The topological polar surface area (TPSA) is 29.5 Å². The monoisotopic (exact) mass is 171 g/mol. The van der Waals surface area contributed by atoms with Crippen LogP contribution in [0.2, 0.25) is 0 Å². The van der Waals surface area contributed by atoms with Gasteiger partial charge in [-0.1, -0.05) is 13.0 Å². The van der Waals surface area contributed by atoms with Gasteiger partial charge in [0, 0.05) is 20.2 Å². The highest BCUT2D eigenvalue weighted by molar-refractivity contribution is 5.77. The van der Waals surface area contributed by atoms with Crippen LogP contribution in [0.4, 0.5) is 0 Å². The summed E-state index contributed by atoms with van der Waals surface area (Å²) in [7, 11) is 1.74. The molecule has 0 saturated heterocycles. The molecule has 0 aliphatic rings. The molecule has 0 heterocycles. The molecule has 0 aromatic heterocycles. The molecule has 12 heavy (non-hydrogen) atoms. The summed E-state index contributed by atoms with van der Waals surface area (Å²) >= 11 is 0. The Morgan fingerprint density at radius 1 is 1.67 bits per heavy atom. The molecule has 0 aromatic carbocycles. The van der Waals surface area contributed by atoms with Crippen LogP contribution in [0.3, 0.4) is 0 Å². The van der Waals surface area contributed by atoms with Gasteiger partial charge in [0.25, 0.3) is 0 Å². The molecule has 0 spiro atoms.